The lowest BCUT2D eigenvalue weighted by Crippen LogP contribution is -2.68. The Morgan fingerprint density at radius 2 is 1.69 bits per heavy atom. The van der Waals surface area contributed by atoms with Crippen LogP contribution >= 0.6 is 0 Å². The van der Waals surface area contributed by atoms with Crippen molar-refractivity contribution in [3.05, 3.63) is 78.9 Å². The van der Waals surface area contributed by atoms with Crippen LogP contribution in [0.1, 0.15) is 57.5 Å². The minimum absolute atomic E-state index is 0.00334. The Morgan fingerprint density at radius 3 is 2.28 bits per heavy atom. The van der Waals surface area contributed by atoms with E-state index in [-0.39, 0.29) is 11.0 Å². The zero-order chi connectivity index (χ0) is 20.8. The highest BCUT2D eigenvalue weighted by Gasteiger charge is 2.56. The Labute approximate surface area is 174 Å². The molecule has 0 spiro atoms. The van der Waals surface area contributed by atoms with Crippen molar-refractivity contribution in [3.8, 4) is 17.1 Å². The molecule has 0 radical (unpaired) electrons. The molecule has 0 saturated carbocycles. The summed E-state index contributed by atoms with van der Waals surface area (Å²) in [5.74, 6) is 1.19. The van der Waals surface area contributed by atoms with Gasteiger partial charge in [-0.15, -0.1) is 0 Å². The van der Waals surface area contributed by atoms with Gasteiger partial charge in [-0.1, -0.05) is 52.1 Å². The molecule has 1 aromatic carbocycles. The van der Waals surface area contributed by atoms with Gasteiger partial charge in [0.25, 0.3) is 5.82 Å². The molecule has 2 atom stereocenters. The van der Waals surface area contributed by atoms with Crippen LogP contribution in [0.4, 0.5) is 0 Å². The van der Waals surface area contributed by atoms with Crippen molar-refractivity contribution in [1.29, 1.82) is 0 Å². The van der Waals surface area contributed by atoms with Crippen molar-refractivity contribution in [1.82, 2.24) is 9.55 Å². The molecule has 0 saturated heterocycles. The van der Waals surface area contributed by atoms with Crippen LogP contribution < -0.4 is 4.57 Å². The van der Waals surface area contributed by atoms with Gasteiger partial charge < -0.3 is 0 Å². The number of imidazole rings is 1. The van der Waals surface area contributed by atoms with Crippen LogP contribution in [0.15, 0.2) is 61.9 Å². The standard InChI is InChI=1S/C26H30N3/c1-7-22-23(8-2)29-24(28(22)19-15-17-27-18-16-19)20-13-11-12-14-21(20)25(5,9-3)26(29,6)10-4/h7-8,11-18H,1-2,9-10H2,3-6H3/q+1. The lowest BCUT2D eigenvalue weighted by Gasteiger charge is -2.48. The van der Waals surface area contributed by atoms with Crippen LogP contribution in [0, 0.1) is 0 Å². The van der Waals surface area contributed by atoms with Gasteiger partial charge in [0.15, 0.2) is 11.4 Å². The van der Waals surface area contributed by atoms with E-state index in [1.54, 1.807) is 0 Å². The first-order valence-corrected chi connectivity index (χ1v) is 10.4. The Kier molecular flexibility index (Phi) is 4.57. The topological polar surface area (TPSA) is 21.7 Å². The number of fused-ring (bicyclic) bond motifs is 3. The van der Waals surface area contributed by atoms with Crippen LogP contribution in [0.3, 0.4) is 0 Å². The number of rotatable bonds is 5. The third kappa shape index (κ3) is 2.37. The van der Waals surface area contributed by atoms with E-state index in [0.29, 0.717) is 0 Å². The van der Waals surface area contributed by atoms with Gasteiger partial charge in [-0.3, -0.25) is 4.98 Å². The van der Waals surface area contributed by atoms with E-state index in [1.165, 1.54) is 17.0 Å². The molecule has 1 aliphatic rings. The normalized spacial score (nSPS) is 22.6. The third-order valence-corrected chi connectivity index (χ3v) is 7.32. The molecule has 0 fully saturated rings. The zero-order valence-electron chi connectivity index (χ0n) is 17.9. The molecule has 3 heterocycles. The van der Waals surface area contributed by atoms with Crippen LogP contribution in [0.25, 0.3) is 29.2 Å². The molecular weight excluding hydrogens is 354 g/mol. The number of aromatic nitrogens is 3. The van der Waals surface area contributed by atoms with Crippen molar-refractivity contribution >= 4 is 12.2 Å². The average molecular weight is 385 g/mol. The van der Waals surface area contributed by atoms with Crippen LogP contribution in [0.5, 0.6) is 0 Å². The van der Waals surface area contributed by atoms with E-state index in [2.05, 4.69) is 91.4 Å². The maximum atomic E-state index is 4.22. The second-order valence-corrected chi connectivity index (χ2v) is 8.24. The van der Waals surface area contributed by atoms with E-state index in [9.17, 15) is 0 Å². The maximum absolute atomic E-state index is 4.22. The molecule has 4 rings (SSSR count). The predicted octanol–water partition coefficient (Wildman–Crippen LogP) is 5.92. The van der Waals surface area contributed by atoms with Crippen LogP contribution in [-0.4, -0.2) is 9.55 Å². The van der Waals surface area contributed by atoms with Crippen molar-refractivity contribution in [2.45, 2.75) is 51.5 Å². The summed E-state index contributed by atoms with van der Waals surface area (Å²) in [5.41, 5.74) is 5.84. The lowest BCUT2D eigenvalue weighted by atomic mass is 9.61. The second kappa shape index (κ2) is 6.84. The van der Waals surface area contributed by atoms with Gasteiger partial charge >= 0.3 is 0 Å². The summed E-state index contributed by atoms with van der Waals surface area (Å²) in [5, 5.41) is 0. The molecule has 148 valence electrons. The molecule has 2 aromatic heterocycles. The Bertz CT molecular complexity index is 1090. The molecule has 3 aromatic rings. The minimum atomic E-state index is -0.106. The van der Waals surface area contributed by atoms with Crippen molar-refractivity contribution in [2.24, 2.45) is 0 Å². The molecule has 3 nitrogen and oxygen atoms in total. The number of benzene rings is 1. The van der Waals surface area contributed by atoms with Gasteiger partial charge in [0.1, 0.15) is 11.2 Å². The Balaban J connectivity index is 2.26. The smallest absolute Gasteiger partial charge is 0.264 e. The highest BCUT2D eigenvalue weighted by atomic mass is 15.2. The number of hydrogen-bond donors (Lipinski definition) is 0. The fraction of sp³-hybridized carbons (Fsp3) is 0.308. The zero-order valence-corrected chi connectivity index (χ0v) is 17.9. The van der Waals surface area contributed by atoms with Gasteiger partial charge in [0.2, 0.25) is 0 Å². The molecule has 0 amide bonds. The third-order valence-electron chi connectivity index (χ3n) is 7.32. The minimum Gasteiger partial charge on any atom is -0.264 e. The molecular formula is C26H30N3+. The van der Waals surface area contributed by atoms with E-state index >= 15 is 0 Å². The predicted molar refractivity (Wildman–Crippen MR) is 121 cm³/mol. The number of pyridine rings is 1. The highest BCUT2D eigenvalue weighted by Crippen LogP contribution is 2.50. The van der Waals surface area contributed by atoms with Crippen molar-refractivity contribution in [3.63, 3.8) is 0 Å². The summed E-state index contributed by atoms with van der Waals surface area (Å²) < 4.78 is 4.83. The molecule has 0 bridgehead atoms. The Hall–Kier alpha value is -2.94. The quantitative estimate of drug-likeness (QED) is 0.500. The van der Waals surface area contributed by atoms with Gasteiger partial charge in [-0.25, -0.2) is 4.57 Å². The highest BCUT2D eigenvalue weighted by molar-refractivity contribution is 5.70. The van der Waals surface area contributed by atoms with Gasteiger partial charge in [0.05, 0.1) is 5.56 Å². The summed E-state index contributed by atoms with van der Waals surface area (Å²) in [6.45, 7) is 17.8. The number of hydrogen-bond acceptors (Lipinski definition) is 1. The van der Waals surface area contributed by atoms with E-state index in [4.69, 9.17) is 0 Å². The first-order chi connectivity index (χ1) is 14.0. The van der Waals surface area contributed by atoms with Gasteiger partial charge in [-0.05, 0) is 43.5 Å². The monoisotopic (exact) mass is 384 g/mol. The SMILES string of the molecule is C=Cc1c(C=C)[n+]2c(n1-c1ccncc1)-c1ccccc1C(C)(CC)C2(C)CC. The average Bonchev–Trinajstić information content (AvgIpc) is 3.12. The first kappa shape index (κ1) is 19.4. The Morgan fingerprint density at radius 1 is 1.00 bits per heavy atom. The molecule has 2 unspecified atom stereocenters. The van der Waals surface area contributed by atoms with Gasteiger partial charge in [-0.2, -0.15) is 4.57 Å². The van der Waals surface area contributed by atoms with Gasteiger partial charge in [0, 0.05) is 29.9 Å². The lowest BCUT2D eigenvalue weighted by molar-refractivity contribution is -0.765. The summed E-state index contributed by atoms with van der Waals surface area (Å²) in [6, 6.07) is 13.0. The summed E-state index contributed by atoms with van der Waals surface area (Å²) >= 11 is 0. The van der Waals surface area contributed by atoms with E-state index in [1.807, 2.05) is 24.5 Å². The number of nitrogens with zero attached hydrogens (tertiary/aromatic N) is 3. The largest absolute Gasteiger partial charge is 0.295 e. The summed E-state index contributed by atoms with van der Waals surface area (Å²) in [6.07, 6.45) is 9.69. The van der Waals surface area contributed by atoms with E-state index in [0.717, 1.165) is 29.9 Å². The van der Waals surface area contributed by atoms with Crippen molar-refractivity contribution < 1.29 is 4.57 Å². The fourth-order valence-corrected chi connectivity index (χ4v) is 5.26. The summed E-state index contributed by atoms with van der Waals surface area (Å²) in [4.78, 5) is 4.22. The molecule has 3 heteroatoms. The maximum Gasteiger partial charge on any atom is 0.295 e. The molecule has 0 N–H and O–H groups in total. The van der Waals surface area contributed by atoms with Crippen LogP contribution in [-0.2, 0) is 11.0 Å². The first-order valence-electron chi connectivity index (χ1n) is 10.4. The molecule has 1 aliphatic heterocycles. The second-order valence-electron chi connectivity index (χ2n) is 8.24. The fourth-order valence-electron chi connectivity index (χ4n) is 5.26. The summed E-state index contributed by atoms with van der Waals surface area (Å²) in [7, 11) is 0. The molecule has 29 heavy (non-hydrogen) atoms. The van der Waals surface area contributed by atoms with Crippen LogP contribution in [0.2, 0.25) is 0 Å². The van der Waals surface area contributed by atoms with Crippen molar-refractivity contribution in [2.75, 3.05) is 0 Å². The van der Waals surface area contributed by atoms with E-state index < -0.39 is 0 Å². The molecule has 0 aliphatic carbocycles.